The van der Waals surface area contributed by atoms with Gasteiger partial charge in [0.25, 0.3) is 0 Å². The molecule has 2 aromatic rings. The van der Waals surface area contributed by atoms with E-state index in [2.05, 4.69) is 70.7 Å². The van der Waals surface area contributed by atoms with E-state index in [1.807, 2.05) is 13.1 Å². The fourth-order valence-electron chi connectivity index (χ4n) is 3.09. The molecular formula is C20H25N3O. The van der Waals surface area contributed by atoms with Crippen LogP contribution in [0.25, 0.3) is 0 Å². The highest BCUT2D eigenvalue weighted by Gasteiger charge is 2.24. The van der Waals surface area contributed by atoms with E-state index in [-0.39, 0.29) is 6.10 Å². The van der Waals surface area contributed by atoms with Crippen molar-refractivity contribution in [2.75, 3.05) is 26.7 Å². The molecule has 0 radical (unpaired) electrons. The number of nitrogens with zero attached hydrogens (tertiary/aromatic N) is 2. The zero-order chi connectivity index (χ0) is 16.8. The molecule has 1 saturated heterocycles. The Balaban J connectivity index is 1.65. The molecule has 1 aliphatic rings. The van der Waals surface area contributed by atoms with Crippen molar-refractivity contribution >= 4 is 5.96 Å². The second-order valence-electron chi connectivity index (χ2n) is 6.05. The number of hydrogen-bond donors (Lipinski definition) is 1. The van der Waals surface area contributed by atoms with Gasteiger partial charge in [0.15, 0.2) is 5.96 Å². The van der Waals surface area contributed by atoms with Crippen molar-refractivity contribution < 1.29 is 4.74 Å². The minimum Gasteiger partial charge on any atom is -0.370 e. The van der Waals surface area contributed by atoms with Gasteiger partial charge in [-0.05, 0) is 23.6 Å². The molecule has 4 heteroatoms. The number of guanidine groups is 1. The summed E-state index contributed by atoms with van der Waals surface area (Å²) in [5.41, 5.74) is 3.79. The molecule has 2 aromatic carbocycles. The quantitative estimate of drug-likeness (QED) is 0.696. The van der Waals surface area contributed by atoms with Crippen LogP contribution in [-0.4, -0.2) is 37.6 Å². The Morgan fingerprint density at radius 1 is 1.17 bits per heavy atom. The van der Waals surface area contributed by atoms with Crippen LogP contribution < -0.4 is 5.32 Å². The summed E-state index contributed by atoms with van der Waals surface area (Å²) < 4.78 is 6.01. The van der Waals surface area contributed by atoms with Gasteiger partial charge in [-0.1, -0.05) is 54.6 Å². The van der Waals surface area contributed by atoms with Gasteiger partial charge in [0.2, 0.25) is 0 Å². The summed E-state index contributed by atoms with van der Waals surface area (Å²) in [7, 11) is 1.84. The first-order valence-corrected chi connectivity index (χ1v) is 8.44. The molecule has 1 N–H and O–H groups in total. The van der Waals surface area contributed by atoms with Crippen LogP contribution in [0.15, 0.2) is 59.6 Å². The normalized spacial score (nSPS) is 18.5. The number of nitrogens with one attached hydrogen (secondary N) is 1. The van der Waals surface area contributed by atoms with Crippen molar-refractivity contribution in [2.45, 2.75) is 19.6 Å². The summed E-state index contributed by atoms with van der Waals surface area (Å²) in [5, 5.41) is 3.46. The summed E-state index contributed by atoms with van der Waals surface area (Å²) in [6.45, 7) is 5.31. The zero-order valence-electron chi connectivity index (χ0n) is 14.4. The molecule has 0 aliphatic carbocycles. The predicted octanol–water partition coefficient (Wildman–Crippen LogP) is 3.14. The number of aryl methyl sites for hydroxylation is 1. The first-order valence-electron chi connectivity index (χ1n) is 8.44. The van der Waals surface area contributed by atoms with Crippen LogP contribution >= 0.6 is 0 Å². The second kappa shape index (κ2) is 7.97. The average molecular weight is 323 g/mol. The topological polar surface area (TPSA) is 36.9 Å². The summed E-state index contributed by atoms with van der Waals surface area (Å²) in [5.74, 6) is 0.931. The molecule has 4 nitrogen and oxygen atoms in total. The summed E-state index contributed by atoms with van der Waals surface area (Å²) in [4.78, 5) is 6.73. The summed E-state index contributed by atoms with van der Waals surface area (Å²) in [6.07, 6.45) is 0.0928. The highest BCUT2D eigenvalue weighted by molar-refractivity contribution is 5.80. The van der Waals surface area contributed by atoms with Crippen molar-refractivity contribution in [3.05, 3.63) is 71.3 Å². The van der Waals surface area contributed by atoms with E-state index < -0.39 is 0 Å². The number of aliphatic imine (C=N–C) groups is 1. The van der Waals surface area contributed by atoms with E-state index in [0.29, 0.717) is 6.61 Å². The van der Waals surface area contributed by atoms with Crippen LogP contribution in [0, 0.1) is 6.92 Å². The molecule has 3 rings (SSSR count). The number of morpholine rings is 1. The van der Waals surface area contributed by atoms with E-state index in [1.54, 1.807) is 0 Å². The van der Waals surface area contributed by atoms with Gasteiger partial charge in [-0.15, -0.1) is 0 Å². The minimum absolute atomic E-state index is 0.0928. The molecule has 0 spiro atoms. The highest BCUT2D eigenvalue weighted by Crippen LogP contribution is 2.24. The Labute approximate surface area is 144 Å². The maximum absolute atomic E-state index is 6.01. The average Bonchev–Trinajstić information content (AvgIpc) is 2.64. The van der Waals surface area contributed by atoms with Gasteiger partial charge in [0.1, 0.15) is 6.10 Å². The molecule has 0 amide bonds. The Bertz CT molecular complexity index is 684. The summed E-state index contributed by atoms with van der Waals surface area (Å²) >= 11 is 0. The van der Waals surface area contributed by atoms with Crippen molar-refractivity contribution in [1.29, 1.82) is 0 Å². The van der Waals surface area contributed by atoms with Gasteiger partial charge in [-0.25, -0.2) is 0 Å². The van der Waals surface area contributed by atoms with Gasteiger partial charge in [0, 0.05) is 20.1 Å². The summed E-state index contributed by atoms with van der Waals surface area (Å²) in [6, 6.07) is 18.8. The van der Waals surface area contributed by atoms with E-state index in [1.165, 1.54) is 16.7 Å². The first-order chi connectivity index (χ1) is 11.8. The molecule has 1 unspecified atom stereocenters. The third-order valence-electron chi connectivity index (χ3n) is 4.41. The van der Waals surface area contributed by atoms with E-state index in [9.17, 15) is 0 Å². The molecule has 0 saturated carbocycles. The largest absolute Gasteiger partial charge is 0.370 e. The fraction of sp³-hybridized carbons (Fsp3) is 0.350. The van der Waals surface area contributed by atoms with Crippen LogP contribution in [0.5, 0.6) is 0 Å². The van der Waals surface area contributed by atoms with Crippen LogP contribution in [0.3, 0.4) is 0 Å². The van der Waals surface area contributed by atoms with Gasteiger partial charge in [-0.3, -0.25) is 4.99 Å². The van der Waals surface area contributed by atoms with Gasteiger partial charge in [0.05, 0.1) is 13.2 Å². The molecule has 0 bridgehead atoms. The predicted molar refractivity (Wildman–Crippen MR) is 98.1 cm³/mol. The molecule has 0 aromatic heterocycles. The third kappa shape index (κ3) is 3.95. The molecule has 24 heavy (non-hydrogen) atoms. The number of hydrogen-bond acceptors (Lipinski definition) is 2. The zero-order valence-corrected chi connectivity index (χ0v) is 14.4. The van der Waals surface area contributed by atoms with E-state index in [4.69, 9.17) is 4.74 Å². The minimum atomic E-state index is 0.0928. The first kappa shape index (κ1) is 16.5. The third-order valence-corrected chi connectivity index (χ3v) is 4.41. The van der Waals surface area contributed by atoms with Crippen molar-refractivity contribution in [1.82, 2.24) is 10.2 Å². The molecule has 1 heterocycles. The lowest BCUT2D eigenvalue weighted by atomic mass is 10.0. The van der Waals surface area contributed by atoms with E-state index >= 15 is 0 Å². The molecule has 1 fully saturated rings. The Hall–Kier alpha value is -2.33. The van der Waals surface area contributed by atoms with Gasteiger partial charge < -0.3 is 15.0 Å². The maximum Gasteiger partial charge on any atom is 0.194 e. The fourth-order valence-corrected chi connectivity index (χ4v) is 3.09. The number of benzene rings is 2. The smallest absolute Gasteiger partial charge is 0.194 e. The van der Waals surface area contributed by atoms with E-state index in [0.717, 1.165) is 25.6 Å². The van der Waals surface area contributed by atoms with Crippen molar-refractivity contribution in [3.63, 3.8) is 0 Å². The van der Waals surface area contributed by atoms with Crippen LogP contribution in [0.1, 0.15) is 22.8 Å². The van der Waals surface area contributed by atoms with Crippen LogP contribution in [-0.2, 0) is 11.3 Å². The highest BCUT2D eigenvalue weighted by atomic mass is 16.5. The Morgan fingerprint density at radius 2 is 1.92 bits per heavy atom. The lowest BCUT2D eigenvalue weighted by Crippen LogP contribution is -2.48. The molecular weight excluding hydrogens is 298 g/mol. The molecule has 1 atom stereocenters. The Morgan fingerprint density at radius 3 is 2.67 bits per heavy atom. The molecule has 1 aliphatic heterocycles. The van der Waals surface area contributed by atoms with Gasteiger partial charge >= 0.3 is 0 Å². The Kier molecular flexibility index (Phi) is 5.49. The van der Waals surface area contributed by atoms with Crippen LogP contribution in [0.4, 0.5) is 0 Å². The number of rotatable bonds is 3. The second-order valence-corrected chi connectivity index (χ2v) is 6.05. The lowest BCUT2D eigenvalue weighted by molar-refractivity contribution is -0.00833. The monoisotopic (exact) mass is 323 g/mol. The van der Waals surface area contributed by atoms with Crippen molar-refractivity contribution in [2.24, 2.45) is 4.99 Å². The standard InChI is InChI=1S/C20H25N3O/c1-16-8-6-7-11-18(16)19-15-23(12-13-24-19)20(21-2)22-14-17-9-4-3-5-10-17/h3-11,19H,12-15H2,1-2H3,(H,21,22). The number of ether oxygens (including phenoxy) is 1. The van der Waals surface area contributed by atoms with Crippen molar-refractivity contribution in [3.8, 4) is 0 Å². The molecule has 126 valence electrons. The SMILES string of the molecule is CN=C(NCc1ccccc1)N1CCOC(c2ccccc2C)C1. The van der Waals surface area contributed by atoms with Crippen LogP contribution in [0.2, 0.25) is 0 Å². The lowest BCUT2D eigenvalue weighted by Gasteiger charge is -2.35. The van der Waals surface area contributed by atoms with Gasteiger partial charge in [-0.2, -0.15) is 0 Å². The maximum atomic E-state index is 6.01.